The summed E-state index contributed by atoms with van der Waals surface area (Å²) in [6, 6.07) is 0. The largest absolute Gasteiger partial charge is 0.481 e. The van der Waals surface area contributed by atoms with Crippen molar-refractivity contribution in [3.8, 4) is 0 Å². The van der Waals surface area contributed by atoms with Gasteiger partial charge in [0.1, 0.15) is 6.10 Å². The van der Waals surface area contributed by atoms with Crippen molar-refractivity contribution in [1.82, 2.24) is 5.32 Å². The van der Waals surface area contributed by atoms with Gasteiger partial charge in [0.25, 0.3) is 0 Å². The molecule has 110 valence electrons. The molecule has 6 nitrogen and oxygen atoms in total. The van der Waals surface area contributed by atoms with E-state index in [0.717, 1.165) is 6.42 Å². The minimum Gasteiger partial charge on any atom is -0.481 e. The van der Waals surface area contributed by atoms with Crippen LogP contribution in [-0.4, -0.2) is 41.3 Å². The molecule has 1 aliphatic rings. The lowest BCUT2D eigenvalue weighted by atomic mass is 9.74. The van der Waals surface area contributed by atoms with E-state index in [9.17, 15) is 14.7 Å². The molecule has 1 fully saturated rings. The number of carboxylic acid groups (broad SMARTS) is 1. The molecule has 1 rings (SSSR count). The van der Waals surface area contributed by atoms with Crippen LogP contribution in [0.25, 0.3) is 0 Å². The van der Waals surface area contributed by atoms with Gasteiger partial charge in [0.2, 0.25) is 5.91 Å². The molecule has 2 unspecified atom stereocenters. The number of hydrogen-bond acceptors (Lipinski definition) is 4. The fourth-order valence-corrected chi connectivity index (χ4v) is 1.88. The zero-order valence-corrected chi connectivity index (χ0v) is 12.0. The summed E-state index contributed by atoms with van der Waals surface area (Å²) in [5.41, 5.74) is 3.55. The van der Waals surface area contributed by atoms with E-state index in [1.54, 1.807) is 27.7 Å². The molecule has 19 heavy (non-hydrogen) atoms. The first kappa shape index (κ1) is 15.9. The van der Waals surface area contributed by atoms with Crippen LogP contribution < -0.4 is 11.1 Å². The first-order chi connectivity index (χ1) is 8.61. The molecule has 1 amide bonds. The molecule has 0 aliphatic carbocycles. The second-order valence-electron chi connectivity index (χ2n) is 6.10. The van der Waals surface area contributed by atoms with Crippen LogP contribution in [0.5, 0.6) is 0 Å². The van der Waals surface area contributed by atoms with E-state index in [1.807, 2.05) is 0 Å². The second kappa shape index (κ2) is 5.46. The number of nitrogens with one attached hydrogen (secondary N) is 1. The van der Waals surface area contributed by atoms with Crippen molar-refractivity contribution in [1.29, 1.82) is 0 Å². The summed E-state index contributed by atoms with van der Waals surface area (Å²) in [4.78, 5) is 23.4. The quantitative estimate of drug-likeness (QED) is 0.676. The number of nitrogens with two attached hydrogens (primary N) is 1. The Balaban J connectivity index is 2.69. The summed E-state index contributed by atoms with van der Waals surface area (Å²) in [5, 5.41) is 12.0. The molecule has 0 aromatic heterocycles. The predicted molar refractivity (Wildman–Crippen MR) is 70.6 cm³/mol. The standard InChI is InChI=1S/C13H24N2O4/c1-12(2,11(17)18)13(3,4)15-10(16)9-6-5-8(7-14)19-9/h8-9H,5-7,14H2,1-4H3,(H,15,16)(H,17,18). The maximum atomic E-state index is 12.1. The van der Waals surface area contributed by atoms with Crippen LogP contribution >= 0.6 is 0 Å². The highest BCUT2D eigenvalue weighted by atomic mass is 16.5. The normalized spacial score (nSPS) is 24.3. The number of rotatable bonds is 5. The molecule has 1 saturated heterocycles. The SMILES string of the molecule is CC(C)(NC(=O)C1CCC(CN)O1)C(C)(C)C(=O)O. The lowest BCUT2D eigenvalue weighted by molar-refractivity contribution is -0.152. The van der Waals surface area contributed by atoms with Gasteiger partial charge in [0.05, 0.1) is 17.1 Å². The fraction of sp³-hybridized carbons (Fsp3) is 0.846. The molecule has 0 spiro atoms. The Labute approximate surface area is 113 Å². The highest BCUT2D eigenvalue weighted by Crippen LogP contribution is 2.31. The van der Waals surface area contributed by atoms with Gasteiger partial charge in [0, 0.05) is 6.54 Å². The molecule has 6 heteroatoms. The number of ether oxygens (including phenoxy) is 1. The molecule has 0 aromatic carbocycles. The van der Waals surface area contributed by atoms with Gasteiger partial charge in [0.15, 0.2) is 0 Å². The molecule has 1 aliphatic heterocycles. The molecule has 4 N–H and O–H groups in total. The van der Waals surface area contributed by atoms with E-state index < -0.39 is 23.0 Å². The van der Waals surface area contributed by atoms with Crippen molar-refractivity contribution >= 4 is 11.9 Å². The van der Waals surface area contributed by atoms with Crippen LogP contribution in [-0.2, 0) is 14.3 Å². The minimum atomic E-state index is -1.07. The lowest BCUT2D eigenvalue weighted by Crippen LogP contribution is -2.58. The number of carbonyl (C=O) groups is 2. The molecular formula is C13H24N2O4. The molecule has 2 atom stereocenters. The van der Waals surface area contributed by atoms with Crippen LogP contribution in [0, 0.1) is 5.41 Å². The van der Waals surface area contributed by atoms with Crippen LogP contribution in [0.1, 0.15) is 40.5 Å². The Morgan fingerprint density at radius 2 is 1.89 bits per heavy atom. The zero-order valence-electron chi connectivity index (χ0n) is 12.0. The van der Waals surface area contributed by atoms with E-state index in [2.05, 4.69) is 5.32 Å². The summed E-state index contributed by atoms with van der Waals surface area (Å²) in [7, 11) is 0. The summed E-state index contributed by atoms with van der Waals surface area (Å²) in [6.45, 7) is 6.98. The smallest absolute Gasteiger partial charge is 0.311 e. The minimum absolute atomic E-state index is 0.0775. The van der Waals surface area contributed by atoms with Gasteiger partial charge in [-0.2, -0.15) is 0 Å². The zero-order chi connectivity index (χ0) is 14.8. The Morgan fingerprint density at radius 3 is 2.32 bits per heavy atom. The summed E-state index contributed by atoms with van der Waals surface area (Å²) < 4.78 is 5.51. The Morgan fingerprint density at radius 1 is 1.32 bits per heavy atom. The van der Waals surface area contributed by atoms with Crippen molar-refractivity contribution in [3.63, 3.8) is 0 Å². The molecule has 0 saturated carbocycles. The van der Waals surface area contributed by atoms with Crippen molar-refractivity contribution in [2.45, 2.75) is 58.3 Å². The summed E-state index contributed by atoms with van der Waals surface area (Å²) >= 11 is 0. The van der Waals surface area contributed by atoms with Gasteiger partial charge < -0.3 is 20.9 Å². The second-order valence-corrected chi connectivity index (χ2v) is 6.10. The van der Waals surface area contributed by atoms with E-state index in [1.165, 1.54) is 0 Å². The Bertz CT molecular complexity index is 366. The summed E-state index contributed by atoms with van der Waals surface area (Å²) in [5.74, 6) is -1.22. The maximum absolute atomic E-state index is 12.1. The Hall–Kier alpha value is -1.14. The van der Waals surface area contributed by atoms with Gasteiger partial charge in [-0.1, -0.05) is 0 Å². The highest BCUT2D eigenvalue weighted by molar-refractivity contribution is 5.83. The van der Waals surface area contributed by atoms with Crippen molar-refractivity contribution in [2.24, 2.45) is 11.1 Å². The topological polar surface area (TPSA) is 102 Å². The lowest BCUT2D eigenvalue weighted by Gasteiger charge is -2.39. The van der Waals surface area contributed by atoms with Gasteiger partial charge in [-0.25, -0.2) is 0 Å². The van der Waals surface area contributed by atoms with Crippen LogP contribution in [0.2, 0.25) is 0 Å². The van der Waals surface area contributed by atoms with E-state index in [-0.39, 0.29) is 12.0 Å². The van der Waals surface area contributed by atoms with Crippen LogP contribution in [0.15, 0.2) is 0 Å². The number of amides is 1. The van der Waals surface area contributed by atoms with Gasteiger partial charge >= 0.3 is 5.97 Å². The molecular weight excluding hydrogens is 248 g/mol. The van der Waals surface area contributed by atoms with Crippen molar-refractivity contribution in [2.75, 3.05) is 6.54 Å². The average molecular weight is 272 g/mol. The van der Waals surface area contributed by atoms with Gasteiger partial charge in [-0.3, -0.25) is 9.59 Å². The van der Waals surface area contributed by atoms with Crippen molar-refractivity contribution < 1.29 is 19.4 Å². The first-order valence-corrected chi connectivity index (χ1v) is 6.52. The first-order valence-electron chi connectivity index (χ1n) is 6.52. The Kier molecular flexibility index (Phi) is 4.58. The average Bonchev–Trinajstić information content (AvgIpc) is 2.76. The molecule has 0 bridgehead atoms. The van der Waals surface area contributed by atoms with Crippen molar-refractivity contribution in [3.05, 3.63) is 0 Å². The number of carbonyl (C=O) groups excluding carboxylic acids is 1. The van der Waals surface area contributed by atoms with Gasteiger partial charge in [-0.15, -0.1) is 0 Å². The molecule has 0 aromatic rings. The van der Waals surface area contributed by atoms with E-state index in [4.69, 9.17) is 10.5 Å². The predicted octanol–water partition coefficient (Wildman–Crippen LogP) is 0.498. The number of carboxylic acids is 1. The van der Waals surface area contributed by atoms with Crippen LogP contribution in [0.4, 0.5) is 0 Å². The fourth-order valence-electron chi connectivity index (χ4n) is 1.88. The number of aliphatic carboxylic acids is 1. The maximum Gasteiger partial charge on any atom is 0.311 e. The van der Waals surface area contributed by atoms with Gasteiger partial charge in [-0.05, 0) is 40.5 Å². The number of hydrogen-bond donors (Lipinski definition) is 3. The third-order valence-corrected chi connectivity index (χ3v) is 4.20. The van der Waals surface area contributed by atoms with Crippen LogP contribution in [0.3, 0.4) is 0 Å². The highest BCUT2D eigenvalue weighted by Gasteiger charge is 2.45. The molecule has 0 radical (unpaired) electrons. The third kappa shape index (κ3) is 3.25. The monoisotopic (exact) mass is 272 g/mol. The summed E-state index contributed by atoms with van der Waals surface area (Å²) in [6.07, 6.45) is 0.776. The molecule has 1 heterocycles. The van der Waals surface area contributed by atoms with E-state index in [0.29, 0.717) is 13.0 Å². The van der Waals surface area contributed by atoms with E-state index >= 15 is 0 Å². The third-order valence-electron chi connectivity index (χ3n) is 4.20.